The summed E-state index contributed by atoms with van der Waals surface area (Å²) >= 11 is 4.10. The predicted octanol–water partition coefficient (Wildman–Crippen LogP) is 2.28. The molecule has 2 rings (SSSR count). The van der Waals surface area contributed by atoms with Crippen molar-refractivity contribution in [2.24, 2.45) is 22.1 Å². The van der Waals surface area contributed by atoms with Gasteiger partial charge in [0.15, 0.2) is 0 Å². The molecule has 2 nitrogen and oxygen atoms in total. The summed E-state index contributed by atoms with van der Waals surface area (Å²) in [6, 6.07) is 0. The third-order valence-electron chi connectivity index (χ3n) is 3.67. The molecule has 0 aromatic rings. The third kappa shape index (κ3) is 2.37. The molecule has 0 aliphatic heterocycles. The number of nitrogens with two attached hydrogens (primary N) is 1. The van der Waals surface area contributed by atoms with Crippen molar-refractivity contribution in [1.29, 1.82) is 0 Å². The van der Waals surface area contributed by atoms with Crippen molar-refractivity contribution in [3.8, 4) is 0 Å². The minimum absolute atomic E-state index is 0. The molecule has 2 saturated carbocycles. The van der Waals surface area contributed by atoms with Gasteiger partial charge in [-0.05, 0) is 43.4 Å². The Labute approximate surface area is 97.6 Å². The monoisotopic (exact) mass is 234 g/mol. The van der Waals surface area contributed by atoms with Crippen LogP contribution in [0.4, 0.5) is 0 Å². The third-order valence-corrected chi connectivity index (χ3v) is 3.99. The fraction of sp³-hybridized carbons (Fsp3) is 0.900. The molecule has 0 aromatic heterocycles. The van der Waals surface area contributed by atoms with Crippen molar-refractivity contribution in [3.05, 3.63) is 0 Å². The number of nitrogens with zero attached hydrogens (tertiary/aromatic N) is 1. The van der Waals surface area contributed by atoms with Gasteiger partial charge in [-0.3, -0.25) is 4.99 Å². The maximum absolute atomic E-state index is 5.65. The van der Waals surface area contributed by atoms with Gasteiger partial charge in [0.25, 0.3) is 0 Å². The van der Waals surface area contributed by atoms with Crippen LogP contribution in [-0.2, 0) is 0 Å². The number of fused-ring (bicyclic) bond motifs is 2. The average Bonchev–Trinajstić information content (AvgIpc) is 2.74. The number of hydrogen-bond acceptors (Lipinski definition) is 2. The van der Waals surface area contributed by atoms with Crippen molar-refractivity contribution >= 4 is 30.9 Å². The molecule has 0 aromatic carbocycles. The Morgan fingerprint density at radius 2 is 2.07 bits per heavy atom. The van der Waals surface area contributed by atoms with Gasteiger partial charge < -0.3 is 5.73 Å². The van der Waals surface area contributed by atoms with Crippen molar-refractivity contribution in [2.75, 3.05) is 12.3 Å². The van der Waals surface area contributed by atoms with E-state index in [0.717, 1.165) is 12.5 Å². The second kappa shape index (κ2) is 4.75. The number of rotatable bonds is 3. The van der Waals surface area contributed by atoms with E-state index in [0.29, 0.717) is 17.0 Å². The topological polar surface area (TPSA) is 38.4 Å². The lowest BCUT2D eigenvalue weighted by Gasteiger charge is -2.24. The lowest BCUT2D eigenvalue weighted by molar-refractivity contribution is 0.307. The Balaban J connectivity index is 0.000000980. The Hall–Kier alpha value is 0.110. The minimum Gasteiger partial charge on any atom is -0.387 e. The van der Waals surface area contributed by atoms with E-state index in [4.69, 9.17) is 5.73 Å². The first-order chi connectivity index (χ1) is 6.24. The Bertz CT molecular complexity index is 222. The highest BCUT2D eigenvalue weighted by Crippen LogP contribution is 2.54. The molecular formula is C10H19ClN2S. The molecule has 14 heavy (non-hydrogen) atoms. The molecule has 0 unspecified atom stereocenters. The van der Waals surface area contributed by atoms with E-state index in [-0.39, 0.29) is 12.4 Å². The summed E-state index contributed by atoms with van der Waals surface area (Å²) in [5, 5.41) is 0. The molecule has 0 saturated heterocycles. The number of aliphatic imine (C=N–C) groups is 1. The summed E-state index contributed by atoms with van der Waals surface area (Å²) < 4.78 is 0. The van der Waals surface area contributed by atoms with Gasteiger partial charge in [0.2, 0.25) is 0 Å². The normalized spacial score (nSPS) is 35.8. The largest absolute Gasteiger partial charge is 0.387 e. The van der Waals surface area contributed by atoms with Gasteiger partial charge in [0.1, 0.15) is 5.84 Å². The Morgan fingerprint density at radius 3 is 2.50 bits per heavy atom. The first kappa shape index (κ1) is 12.2. The second-order valence-electron chi connectivity index (χ2n) is 4.61. The van der Waals surface area contributed by atoms with Crippen LogP contribution in [0.25, 0.3) is 0 Å². The Kier molecular flexibility index (Phi) is 4.14. The molecule has 4 heteroatoms. The van der Waals surface area contributed by atoms with Gasteiger partial charge in [0.05, 0.1) is 0 Å². The summed E-state index contributed by atoms with van der Waals surface area (Å²) in [7, 11) is 0. The lowest BCUT2D eigenvalue weighted by Crippen LogP contribution is -2.22. The number of thiol groups is 1. The van der Waals surface area contributed by atoms with Crippen LogP contribution in [0.2, 0.25) is 0 Å². The van der Waals surface area contributed by atoms with Crippen molar-refractivity contribution < 1.29 is 0 Å². The first-order valence-corrected chi connectivity index (χ1v) is 5.77. The van der Waals surface area contributed by atoms with Crippen LogP contribution in [0.1, 0.15) is 32.1 Å². The summed E-state index contributed by atoms with van der Waals surface area (Å²) in [5.41, 5.74) is 6.19. The number of halogens is 1. The van der Waals surface area contributed by atoms with E-state index < -0.39 is 0 Å². The van der Waals surface area contributed by atoms with Crippen molar-refractivity contribution in [1.82, 2.24) is 0 Å². The van der Waals surface area contributed by atoms with E-state index in [1.807, 2.05) is 0 Å². The van der Waals surface area contributed by atoms with Gasteiger partial charge in [0, 0.05) is 12.3 Å². The molecule has 82 valence electrons. The van der Waals surface area contributed by atoms with Gasteiger partial charge in [-0.15, -0.1) is 12.4 Å². The molecule has 0 heterocycles. The maximum Gasteiger partial charge on any atom is 0.103 e. The van der Waals surface area contributed by atoms with Crippen LogP contribution >= 0.6 is 25.0 Å². The fourth-order valence-corrected chi connectivity index (χ4v) is 2.95. The van der Waals surface area contributed by atoms with Gasteiger partial charge in [-0.2, -0.15) is 12.6 Å². The average molecular weight is 235 g/mol. The molecular weight excluding hydrogens is 216 g/mol. The standard InChI is InChI=1S/C10H18N2S.ClH/c11-9(6-13)12-7-10-3-1-8(5-10)2-4-10;/h8,13H,1-7H2,(H2,11,12);1H. The molecule has 0 radical (unpaired) electrons. The minimum atomic E-state index is 0. The van der Waals surface area contributed by atoms with E-state index in [1.54, 1.807) is 0 Å². The summed E-state index contributed by atoms with van der Waals surface area (Å²) in [6.07, 6.45) is 7.00. The van der Waals surface area contributed by atoms with Crippen LogP contribution in [-0.4, -0.2) is 18.1 Å². The van der Waals surface area contributed by atoms with Crippen LogP contribution in [0.15, 0.2) is 4.99 Å². The SMILES string of the molecule is Cl.NC(CS)=NCC12CCC(CC1)C2. The smallest absolute Gasteiger partial charge is 0.103 e. The van der Waals surface area contributed by atoms with Crippen LogP contribution in [0.5, 0.6) is 0 Å². The van der Waals surface area contributed by atoms with Crippen LogP contribution in [0, 0.1) is 11.3 Å². The summed E-state index contributed by atoms with van der Waals surface area (Å²) in [5.74, 6) is 2.31. The molecule has 2 aliphatic rings. The summed E-state index contributed by atoms with van der Waals surface area (Å²) in [4.78, 5) is 4.41. The van der Waals surface area contributed by atoms with Gasteiger partial charge in [-0.25, -0.2) is 0 Å². The van der Waals surface area contributed by atoms with Crippen molar-refractivity contribution in [2.45, 2.75) is 32.1 Å². The molecule has 2 N–H and O–H groups in total. The number of hydrogen-bond donors (Lipinski definition) is 2. The summed E-state index contributed by atoms with van der Waals surface area (Å²) in [6.45, 7) is 0.954. The Morgan fingerprint density at radius 1 is 1.43 bits per heavy atom. The lowest BCUT2D eigenvalue weighted by atomic mass is 9.84. The second-order valence-corrected chi connectivity index (χ2v) is 4.93. The van der Waals surface area contributed by atoms with E-state index >= 15 is 0 Å². The zero-order chi connectivity index (χ0) is 9.31. The molecule has 2 bridgehead atoms. The quantitative estimate of drug-likeness (QED) is 0.439. The highest BCUT2D eigenvalue weighted by molar-refractivity contribution is 7.81. The van der Waals surface area contributed by atoms with Gasteiger partial charge in [-0.1, -0.05) is 0 Å². The van der Waals surface area contributed by atoms with Crippen LogP contribution < -0.4 is 5.73 Å². The zero-order valence-electron chi connectivity index (χ0n) is 8.41. The molecule has 0 amide bonds. The maximum atomic E-state index is 5.65. The molecule has 0 atom stereocenters. The van der Waals surface area contributed by atoms with Crippen molar-refractivity contribution in [3.63, 3.8) is 0 Å². The van der Waals surface area contributed by atoms with E-state index in [1.165, 1.54) is 32.1 Å². The highest BCUT2D eigenvalue weighted by Gasteiger charge is 2.44. The highest BCUT2D eigenvalue weighted by atomic mass is 35.5. The van der Waals surface area contributed by atoms with E-state index in [2.05, 4.69) is 17.6 Å². The first-order valence-electron chi connectivity index (χ1n) is 5.14. The van der Waals surface area contributed by atoms with Gasteiger partial charge >= 0.3 is 0 Å². The molecule has 0 spiro atoms. The molecule has 2 fully saturated rings. The fourth-order valence-electron chi connectivity index (χ4n) is 2.85. The predicted molar refractivity (Wildman–Crippen MR) is 66.6 cm³/mol. The number of amidine groups is 1. The molecule has 2 aliphatic carbocycles. The van der Waals surface area contributed by atoms with E-state index in [9.17, 15) is 0 Å². The zero-order valence-corrected chi connectivity index (χ0v) is 10.1. The van der Waals surface area contributed by atoms with Crippen LogP contribution in [0.3, 0.4) is 0 Å².